The van der Waals surface area contributed by atoms with Crippen LogP contribution in [0.15, 0.2) is 84.7 Å². The molecule has 3 aromatic carbocycles. The Kier molecular flexibility index (Phi) is 4.24. The number of nitrogens with one attached hydrogen (secondary N) is 1. The summed E-state index contributed by atoms with van der Waals surface area (Å²) in [7, 11) is 1.69. The average molecular weight is 422 g/mol. The first-order chi connectivity index (χ1) is 15.7. The molecule has 2 aliphatic rings. The van der Waals surface area contributed by atoms with E-state index in [4.69, 9.17) is 9.47 Å². The van der Waals surface area contributed by atoms with Gasteiger partial charge in [-0.2, -0.15) is 10.1 Å². The van der Waals surface area contributed by atoms with Crippen molar-refractivity contribution in [3.63, 3.8) is 0 Å². The Morgan fingerprint density at radius 2 is 1.75 bits per heavy atom. The van der Waals surface area contributed by atoms with Crippen LogP contribution < -0.4 is 14.8 Å². The second kappa shape index (κ2) is 7.27. The molecule has 2 atom stereocenters. The Labute approximate surface area is 186 Å². The lowest BCUT2D eigenvalue weighted by Gasteiger charge is -2.39. The van der Waals surface area contributed by atoms with E-state index in [-0.39, 0.29) is 12.1 Å². The van der Waals surface area contributed by atoms with Crippen molar-refractivity contribution < 1.29 is 9.47 Å². The summed E-state index contributed by atoms with van der Waals surface area (Å²) < 4.78 is 14.3. The molecule has 6 heteroatoms. The van der Waals surface area contributed by atoms with Crippen molar-refractivity contribution in [2.24, 2.45) is 0 Å². The highest BCUT2D eigenvalue weighted by Gasteiger charge is 2.41. The third-order valence-corrected chi connectivity index (χ3v) is 6.14. The third-order valence-electron chi connectivity index (χ3n) is 6.14. The molecule has 32 heavy (non-hydrogen) atoms. The van der Waals surface area contributed by atoms with Crippen LogP contribution in [0.3, 0.4) is 0 Å². The average Bonchev–Trinajstić information content (AvgIpc) is 3.31. The maximum Gasteiger partial charge on any atom is 0.226 e. The summed E-state index contributed by atoms with van der Waals surface area (Å²) >= 11 is 0. The molecule has 1 N–H and O–H groups in total. The van der Waals surface area contributed by atoms with Crippen LogP contribution in [-0.2, 0) is 0 Å². The van der Waals surface area contributed by atoms with Crippen LogP contribution in [0.4, 0.5) is 5.95 Å². The molecule has 0 saturated carbocycles. The number of nitrogens with zero attached hydrogens (tertiary/aromatic N) is 3. The van der Waals surface area contributed by atoms with E-state index in [9.17, 15) is 0 Å². The Bertz CT molecular complexity index is 1340. The summed E-state index contributed by atoms with van der Waals surface area (Å²) in [5.74, 6) is 2.32. The summed E-state index contributed by atoms with van der Waals surface area (Å²) in [4.78, 5) is 4.49. The topological polar surface area (TPSA) is 61.2 Å². The van der Waals surface area contributed by atoms with E-state index >= 15 is 0 Å². The number of hydrogen-bond acceptors (Lipinski definition) is 5. The Morgan fingerprint density at radius 3 is 2.59 bits per heavy atom. The van der Waals surface area contributed by atoms with Crippen LogP contribution in [0.25, 0.3) is 5.70 Å². The van der Waals surface area contributed by atoms with Crippen LogP contribution in [0.2, 0.25) is 0 Å². The molecule has 0 aliphatic carbocycles. The fraction of sp³-hybridized carbons (Fsp3) is 0.154. The van der Waals surface area contributed by atoms with E-state index in [0.717, 1.165) is 39.5 Å². The highest BCUT2D eigenvalue weighted by Crippen LogP contribution is 2.51. The van der Waals surface area contributed by atoms with Crippen molar-refractivity contribution in [3.05, 3.63) is 107 Å². The molecule has 0 fully saturated rings. The summed E-state index contributed by atoms with van der Waals surface area (Å²) in [6.07, 6.45) is 1.24. The van der Waals surface area contributed by atoms with E-state index in [0.29, 0.717) is 5.95 Å². The second-order valence-electron chi connectivity index (χ2n) is 8.03. The molecule has 3 heterocycles. The van der Waals surface area contributed by atoms with E-state index in [1.54, 1.807) is 13.4 Å². The number of aromatic nitrogens is 3. The molecule has 6 nitrogen and oxygen atoms in total. The van der Waals surface area contributed by atoms with Crippen LogP contribution in [0.5, 0.6) is 11.5 Å². The molecular formula is C26H22N4O2. The number of methoxy groups -OCH3 is 1. The number of para-hydroxylation sites is 2. The Morgan fingerprint density at radius 1 is 0.969 bits per heavy atom. The van der Waals surface area contributed by atoms with Gasteiger partial charge in [-0.1, -0.05) is 60.2 Å². The smallest absolute Gasteiger partial charge is 0.226 e. The standard InChI is InChI=1S/C26H22N4O2/c1-16-11-13-17(14-12-16)24-22-23(29-26-27-15-28-30(24)26)18-7-3-6-10-21(18)32-25(22)19-8-4-5-9-20(19)31-2/h3-15,24-25H,1-2H3,(H,27,28,29)/t24-,25+/m0/s1. The van der Waals surface area contributed by atoms with Gasteiger partial charge in [0.1, 0.15) is 23.9 Å². The number of hydrogen-bond donors (Lipinski definition) is 1. The lowest BCUT2D eigenvalue weighted by Crippen LogP contribution is -2.32. The molecule has 2 aliphatic heterocycles. The van der Waals surface area contributed by atoms with Gasteiger partial charge in [0, 0.05) is 16.7 Å². The van der Waals surface area contributed by atoms with Gasteiger partial charge in [-0.3, -0.25) is 0 Å². The van der Waals surface area contributed by atoms with Gasteiger partial charge in [0.2, 0.25) is 5.95 Å². The van der Waals surface area contributed by atoms with Crippen LogP contribution in [0.1, 0.15) is 34.4 Å². The predicted molar refractivity (Wildman–Crippen MR) is 123 cm³/mol. The highest BCUT2D eigenvalue weighted by atomic mass is 16.5. The van der Waals surface area contributed by atoms with Gasteiger partial charge >= 0.3 is 0 Å². The van der Waals surface area contributed by atoms with Gasteiger partial charge in [-0.25, -0.2) is 4.68 Å². The van der Waals surface area contributed by atoms with Gasteiger partial charge in [0.05, 0.1) is 12.8 Å². The number of benzene rings is 3. The minimum Gasteiger partial charge on any atom is -0.496 e. The monoisotopic (exact) mass is 422 g/mol. The van der Waals surface area contributed by atoms with Crippen LogP contribution >= 0.6 is 0 Å². The zero-order valence-electron chi connectivity index (χ0n) is 17.8. The molecule has 158 valence electrons. The molecule has 6 rings (SSSR count). The summed E-state index contributed by atoms with van der Waals surface area (Å²) in [6, 6.07) is 24.5. The minimum absolute atomic E-state index is 0.174. The number of aryl methyl sites for hydroxylation is 1. The molecule has 1 aromatic heterocycles. The predicted octanol–water partition coefficient (Wildman–Crippen LogP) is 5.16. The molecule has 0 radical (unpaired) electrons. The molecule has 0 unspecified atom stereocenters. The molecule has 0 amide bonds. The normalized spacial score (nSPS) is 18.7. The van der Waals surface area contributed by atoms with Gasteiger partial charge in [-0.05, 0) is 30.7 Å². The Balaban J connectivity index is 1.64. The van der Waals surface area contributed by atoms with E-state index in [2.05, 4.69) is 58.7 Å². The first-order valence-corrected chi connectivity index (χ1v) is 10.6. The molecule has 4 aromatic rings. The maximum atomic E-state index is 6.66. The van der Waals surface area contributed by atoms with Crippen LogP contribution in [-0.4, -0.2) is 21.9 Å². The molecule has 0 saturated heterocycles. The second-order valence-corrected chi connectivity index (χ2v) is 8.03. The van der Waals surface area contributed by atoms with Crippen molar-refractivity contribution in [1.29, 1.82) is 0 Å². The molecule has 0 spiro atoms. The summed E-state index contributed by atoms with van der Waals surface area (Å²) in [6.45, 7) is 2.09. The quantitative estimate of drug-likeness (QED) is 0.494. The number of anilines is 1. The third kappa shape index (κ3) is 2.80. The van der Waals surface area contributed by atoms with Crippen molar-refractivity contribution in [2.45, 2.75) is 19.1 Å². The summed E-state index contributed by atoms with van der Waals surface area (Å²) in [5, 5.41) is 8.11. The van der Waals surface area contributed by atoms with Gasteiger partial charge in [-0.15, -0.1) is 0 Å². The van der Waals surface area contributed by atoms with E-state index in [1.807, 2.05) is 41.1 Å². The fourth-order valence-electron chi connectivity index (χ4n) is 4.63. The minimum atomic E-state index is -0.354. The fourth-order valence-corrected chi connectivity index (χ4v) is 4.63. The highest BCUT2D eigenvalue weighted by molar-refractivity contribution is 5.85. The SMILES string of the molecule is COc1ccccc1[C@H]1Oc2ccccc2C2=C1[C@H](c1ccc(C)cc1)n1ncnc1N2. The largest absolute Gasteiger partial charge is 0.496 e. The first-order valence-electron chi connectivity index (χ1n) is 10.6. The first kappa shape index (κ1) is 18.7. The van der Waals surface area contributed by atoms with Gasteiger partial charge in [0.25, 0.3) is 0 Å². The lowest BCUT2D eigenvalue weighted by molar-refractivity contribution is 0.217. The maximum absolute atomic E-state index is 6.66. The van der Waals surface area contributed by atoms with Crippen molar-refractivity contribution in [1.82, 2.24) is 14.8 Å². The summed E-state index contributed by atoms with van der Waals surface area (Å²) in [5.41, 5.74) is 6.41. The Hall–Kier alpha value is -4.06. The van der Waals surface area contributed by atoms with Gasteiger partial charge in [0.15, 0.2) is 6.10 Å². The van der Waals surface area contributed by atoms with Crippen molar-refractivity contribution in [3.8, 4) is 11.5 Å². The number of fused-ring (bicyclic) bond motifs is 3. The zero-order chi connectivity index (χ0) is 21.7. The van der Waals surface area contributed by atoms with E-state index in [1.165, 1.54) is 5.56 Å². The van der Waals surface area contributed by atoms with Crippen molar-refractivity contribution >= 4 is 11.6 Å². The van der Waals surface area contributed by atoms with Crippen LogP contribution in [0, 0.1) is 6.92 Å². The molecular weight excluding hydrogens is 400 g/mol. The zero-order valence-corrected chi connectivity index (χ0v) is 17.8. The van der Waals surface area contributed by atoms with Crippen molar-refractivity contribution in [2.75, 3.05) is 12.4 Å². The van der Waals surface area contributed by atoms with Gasteiger partial charge < -0.3 is 14.8 Å². The number of ether oxygens (including phenoxy) is 2. The molecule has 0 bridgehead atoms. The number of rotatable bonds is 3. The lowest BCUT2D eigenvalue weighted by atomic mass is 9.84. The van der Waals surface area contributed by atoms with E-state index < -0.39 is 0 Å².